The first-order valence-electron chi connectivity index (χ1n) is 10.7. The van der Waals surface area contributed by atoms with Crippen molar-refractivity contribution in [3.8, 4) is 35.8 Å². The van der Waals surface area contributed by atoms with Gasteiger partial charge in [-0.15, -0.1) is 23.9 Å². The number of rotatable bonds is 0. The van der Waals surface area contributed by atoms with Gasteiger partial charge in [-0.3, -0.25) is 0 Å². The molecule has 0 N–H and O–H groups in total. The van der Waals surface area contributed by atoms with Crippen LogP contribution < -0.4 is 0 Å². The Balaban J connectivity index is 0.000000473. The van der Waals surface area contributed by atoms with E-state index in [2.05, 4.69) is 77.2 Å². The largest absolute Gasteiger partial charge is 0.228 e. The van der Waals surface area contributed by atoms with E-state index in [0.29, 0.717) is 26.3 Å². The maximum atomic E-state index is 5.73. The molecule has 0 atom stereocenters. The smallest absolute Gasteiger partial charge is 0.130 e. The molecule has 3 aromatic rings. The van der Waals surface area contributed by atoms with Gasteiger partial charge in [-0.25, -0.2) is 15.0 Å². The van der Waals surface area contributed by atoms with Crippen molar-refractivity contribution >= 4 is 62.6 Å². The molecule has 0 aliphatic heterocycles. The fourth-order valence-corrected chi connectivity index (χ4v) is 2.80. The maximum absolute atomic E-state index is 5.73. The van der Waals surface area contributed by atoms with Crippen molar-refractivity contribution in [3.63, 3.8) is 0 Å². The van der Waals surface area contributed by atoms with Gasteiger partial charge in [0.1, 0.15) is 48.1 Å². The summed E-state index contributed by atoms with van der Waals surface area (Å²) in [7, 11) is -2.40. The Bertz CT molecular complexity index is 1230. The van der Waals surface area contributed by atoms with E-state index in [1.165, 1.54) is 0 Å². The minimum absolute atomic E-state index is 0.428. The highest BCUT2D eigenvalue weighted by Gasteiger charge is 2.07. The number of hydrogen-bond acceptors (Lipinski definition) is 3. The predicted molar refractivity (Wildman–Crippen MR) is 163 cm³/mol. The van der Waals surface area contributed by atoms with E-state index >= 15 is 0 Å². The van der Waals surface area contributed by atoms with E-state index in [-0.39, 0.29) is 0 Å². The van der Waals surface area contributed by atoms with Crippen molar-refractivity contribution in [2.75, 3.05) is 0 Å². The first kappa shape index (κ1) is 33.7. The molecule has 0 saturated heterocycles. The van der Waals surface area contributed by atoms with Gasteiger partial charge in [-0.1, -0.05) is 116 Å². The highest BCUT2D eigenvalue weighted by atomic mass is 35.5. The lowest BCUT2D eigenvalue weighted by molar-refractivity contribution is 1.29. The fourth-order valence-electron chi connectivity index (χ4n) is 1.60. The van der Waals surface area contributed by atoms with Crippen molar-refractivity contribution in [1.82, 2.24) is 15.0 Å². The number of hydrogen-bond donors (Lipinski definition) is 0. The second kappa shape index (κ2) is 17.2. The molecule has 0 amide bonds. The van der Waals surface area contributed by atoms with Gasteiger partial charge in [0, 0.05) is 0 Å². The Morgan fingerprint density at radius 2 is 0.944 bits per heavy atom. The fraction of sp³-hybridized carbons (Fsp3) is 0.222. The highest BCUT2D eigenvalue weighted by molar-refractivity contribution is 6.84. The van der Waals surface area contributed by atoms with Crippen LogP contribution in [-0.4, -0.2) is 31.1 Å². The highest BCUT2D eigenvalue weighted by Crippen LogP contribution is 2.08. The summed E-state index contributed by atoms with van der Waals surface area (Å²) in [6.45, 7) is 13.0. The van der Waals surface area contributed by atoms with E-state index in [9.17, 15) is 0 Å². The maximum Gasteiger partial charge on any atom is 0.130 e. The van der Waals surface area contributed by atoms with Crippen LogP contribution in [0.3, 0.4) is 0 Å². The van der Waals surface area contributed by atoms with Crippen LogP contribution >= 0.6 is 46.4 Å². The summed E-state index contributed by atoms with van der Waals surface area (Å²) in [6, 6.07) is 15.8. The first-order chi connectivity index (χ1) is 16.6. The minimum atomic E-state index is -1.30. The standard InChI is InChI=1S/C10H12ClNSi.C7H4ClN.C5H3Cl2N.C5H10Si/c1-13(2,3)8-7-9-5-4-6-10(11)12-9;1-2-6-4-3-5-7(8)9-6;6-4-2-1-3-5(7)8-4;1-5-6(2,3)4/h4-6H,1-3H3;1,3-5H;1-3H;1H,2-4H3. The molecule has 3 aromatic heterocycles. The zero-order chi connectivity index (χ0) is 27.8. The van der Waals surface area contributed by atoms with Crippen LogP contribution in [0.5, 0.6) is 0 Å². The lowest BCUT2D eigenvalue weighted by atomic mass is 10.4. The summed E-state index contributed by atoms with van der Waals surface area (Å²) in [6.07, 6.45) is 10.2. The second-order valence-corrected chi connectivity index (χ2v) is 20.1. The molecule has 0 fully saturated rings. The SMILES string of the molecule is C#C[Si](C)(C)C.C#Cc1cccc(Cl)n1.C[Si](C)(C)C#Cc1cccc(Cl)n1.Clc1cccc(Cl)n1. The Hall–Kier alpha value is -2.28. The Kier molecular flexibility index (Phi) is 16.1. The normalized spacial score (nSPS) is 9.67. The number of terminal acetylenes is 2. The zero-order valence-corrected chi connectivity index (χ0v) is 26.2. The van der Waals surface area contributed by atoms with E-state index in [1.54, 1.807) is 42.5 Å². The van der Waals surface area contributed by atoms with E-state index < -0.39 is 16.1 Å². The van der Waals surface area contributed by atoms with E-state index in [4.69, 9.17) is 59.3 Å². The molecule has 0 aliphatic rings. The van der Waals surface area contributed by atoms with Crippen LogP contribution in [0.1, 0.15) is 11.4 Å². The van der Waals surface area contributed by atoms with Crippen LogP contribution in [0.25, 0.3) is 0 Å². The number of nitrogens with zero attached hydrogens (tertiary/aromatic N) is 3. The molecule has 0 aromatic carbocycles. The molecule has 0 saturated carbocycles. The average Bonchev–Trinajstić information content (AvgIpc) is 2.78. The van der Waals surface area contributed by atoms with Gasteiger partial charge in [0.2, 0.25) is 0 Å². The summed E-state index contributed by atoms with van der Waals surface area (Å²) in [5.41, 5.74) is 7.31. The molecule has 0 aliphatic carbocycles. The van der Waals surface area contributed by atoms with E-state index in [0.717, 1.165) is 5.69 Å². The van der Waals surface area contributed by atoms with Gasteiger partial charge < -0.3 is 0 Å². The van der Waals surface area contributed by atoms with Crippen LogP contribution in [0.2, 0.25) is 59.9 Å². The molecule has 0 bridgehead atoms. The third-order valence-corrected chi connectivity index (χ3v) is 5.84. The van der Waals surface area contributed by atoms with Crippen molar-refractivity contribution in [2.24, 2.45) is 0 Å². The Morgan fingerprint density at radius 3 is 1.22 bits per heavy atom. The zero-order valence-electron chi connectivity index (χ0n) is 21.2. The molecule has 0 unspecified atom stereocenters. The molecular weight excluding hydrogens is 564 g/mol. The molecule has 3 nitrogen and oxygen atoms in total. The lowest BCUT2D eigenvalue weighted by Crippen LogP contribution is -2.16. The van der Waals surface area contributed by atoms with Gasteiger partial charge in [-0.2, -0.15) is 0 Å². The molecule has 3 rings (SSSR count). The van der Waals surface area contributed by atoms with Gasteiger partial charge in [0.05, 0.1) is 0 Å². The quantitative estimate of drug-likeness (QED) is 0.149. The molecule has 3 heterocycles. The number of halogens is 4. The summed E-state index contributed by atoms with van der Waals surface area (Å²) in [4.78, 5) is 11.6. The topological polar surface area (TPSA) is 38.7 Å². The predicted octanol–water partition coefficient (Wildman–Crippen LogP) is 8.57. The van der Waals surface area contributed by atoms with Gasteiger partial charge >= 0.3 is 0 Å². The van der Waals surface area contributed by atoms with Crippen LogP contribution in [-0.2, 0) is 0 Å². The summed E-state index contributed by atoms with van der Waals surface area (Å²) in [5, 5.41) is 1.79. The van der Waals surface area contributed by atoms with Crippen molar-refractivity contribution in [3.05, 3.63) is 86.6 Å². The summed E-state index contributed by atoms with van der Waals surface area (Å²) < 4.78 is 0. The molecule has 0 spiro atoms. The second-order valence-electron chi connectivity index (χ2n) is 9.01. The van der Waals surface area contributed by atoms with Crippen molar-refractivity contribution < 1.29 is 0 Å². The summed E-state index contributed by atoms with van der Waals surface area (Å²) >= 11 is 22.1. The molecule has 36 heavy (non-hydrogen) atoms. The van der Waals surface area contributed by atoms with Gasteiger partial charge in [0.15, 0.2) is 0 Å². The summed E-state index contributed by atoms with van der Waals surface area (Å²) in [5.74, 6) is 5.41. The van der Waals surface area contributed by atoms with Crippen LogP contribution in [0.15, 0.2) is 54.6 Å². The van der Waals surface area contributed by atoms with E-state index in [1.807, 2.05) is 12.1 Å². The van der Waals surface area contributed by atoms with Crippen LogP contribution in [0, 0.1) is 35.8 Å². The van der Waals surface area contributed by atoms with Gasteiger partial charge in [0.25, 0.3) is 0 Å². The van der Waals surface area contributed by atoms with Crippen molar-refractivity contribution in [2.45, 2.75) is 39.3 Å². The molecule has 9 heteroatoms. The first-order valence-corrected chi connectivity index (χ1v) is 19.2. The Morgan fingerprint density at radius 1 is 0.583 bits per heavy atom. The number of aromatic nitrogens is 3. The van der Waals surface area contributed by atoms with Crippen molar-refractivity contribution in [1.29, 1.82) is 0 Å². The third kappa shape index (κ3) is 20.0. The third-order valence-electron chi connectivity index (χ3n) is 3.26. The minimum Gasteiger partial charge on any atom is -0.228 e. The molecular formula is C27H29Cl4N3Si2. The Labute approximate surface area is 238 Å². The molecule has 0 radical (unpaired) electrons. The average molecular weight is 594 g/mol. The number of pyridine rings is 3. The monoisotopic (exact) mass is 591 g/mol. The lowest BCUT2D eigenvalue weighted by Gasteiger charge is -2.02. The van der Waals surface area contributed by atoms with Gasteiger partial charge in [-0.05, 0) is 36.4 Å². The molecule has 188 valence electrons. The van der Waals surface area contributed by atoms with Crippen LogP contribution in [0.4, 0.5) is 0 Å².